The van der Waals surface area contributed by atoms with Crippen molar-refractivity contribution in [1.82, 2.24) is 4.90 Å². The molecule has 96 valence electrons. The Kier molecular flexibility index (Phi) is 6.62. The van der Waals surface area contributed by atoms with Gasteiger partial charge >= 0.3 is 0 Å². The molecule has 0 aliphatic carbocycles. The van der Waals surface area contributed by atoms with E-state index in [1.807, 2.05) is 18.2 Å². The van der Waals surface area contributed by atoms with Gasteiger partial charge in [0.15, 0.2) is 0 Å². The lowest BCUT2D eigenvalue weighted by atomic mass is 10.2. The van der Waals surface area contributed by atoms with Gasteiger partial charge in [0.05, 0.1) is 13.2 Å². The third-order valence-electron chi connectivity index (χ3n) is 2.58. The van der Waals surface area contributed by atoms with Crippen molar-refractivity contribution in [2.24, 2.45) is 0 Å². The van der Waals surface area contributed by atoms with Crippen LogP contribution in [0.15, 0.2) is 24.3 Å². The van der Waals surface area contributed by atoms with Gasteiger partial charge in [-0.15, -0.1) is 0 Å². The number of anilines is 1. The molecular weight excluding hydrogens is 216 g/mol. The minimum absolute atomic E-state index is 0.728. The molecule has 1 aromatic carbocycles. The van der Waals surface area contributed by atoms with E-state index in [0.717, 1.165) is 38.5 Å². The summed E-state index contributed by atoms with van der Waals surface area (Å²) < 4.78 is 10.2. The quantitative estimate of drug-likeness (QED) is 0.695. The van der Waals surface area contributed by atoms with Crippen molar-refractivity contribution in [3.63, 3.8) is 0 Å². The minimum Gasteiger partial charge on any atom is -0.399 e. The van der Waals surface area contributed by atoms with E-state index >= 15 is 0 Å². The minimum atomic E-state index is 0.728. The molecule has 4 nitrogen and oxygen atoms in total. The van der Waals surface area contributed by atoms with Gasteiger partial charge < -0.3 is 15.2 Å². The highest BCUT2D eigenvalue weighted by molar-refractivity contribution is 5.40. The molecule has 17 heavy (non-hydrogen) atoms. The van der Waals surface area contributed by atoms with Gasteiger partial charge in [0, 0.05) is 39.5 Å². The van der Waals surface area contributed by atoms with Crippen LogP contribution in [0.4, 0.5) is 5.69 Å². The third-order valence-corrected chi connectivity index (χ3v) is 2.58. The van der Waals surface area contributed by atoms with Crippen molar-refractivity contribution in [3.05, 3.63) is 29.8 Å². The summed E-state index contributed by atoms with van der Waals surface area (Å²) in [6, 6.07) is 7.98. The van der Waals surface area contributed by atoms with Crippen molar-refractivity contribution in [2.45, 2.75) is 6.54 Å². The lowest BCUT2D eigenvalue weighted by Crippen LogP contribution is -2.30. The summed E-state index contributed by atoms with van der Waals surface area (Å²) in [7, 11) is 3.43. The van der Waals surface area contributed by atoms with Crippen molar-refractivity contribution in [2.75, 3.05) is 46.3 Å². The molecule has 1 rings (SSSR count). The number of nitrogens with two attached hydrogens (primary N) is 1. The maximum atomic E-state index is 5.77. The fourth-order valence-electron chi connectivity index (χ4n) is 1.66. The molecule has 0 amide bonds. The molecule has 4 heteroatoms. The van der Waals surface area contributed by atoms with Gasteiger partial charge in [-0.1, -0.05) is 12.1 Å². The molecule has 0 spiro atoms. The van der Waals surface area contributed by atoms with Crippen molar-refractivity contribution in [3.8, 4) is 0 Å². The predicted octanol–water partition coefficient (Wildman–Crippen LogP) is 1.36. The highest BCUT2D eigenvalue weighted by atomic mass is 16.5. The van der Waals surface area contributed by atoms with Gasteiger partial charge in [-0.25, -0.2) is 0 Å². The van der Waals surface area contributed by atoms with Crippen LogP contribution in [0.1, 0.15) is 5.56 Å². The van der Waals surface area contributed by atoms with E-state index in [4.69, 9.17) is 15.2 Å². The van der Waals surface area contributed by atoms with E-state index in [-0.39, 0.29) is 0 Å². The van der Waals surface area contributed by atoms with Crippen molar-refractivity contribution < 1.29 is 9.47 Å². The second-order valence-corrected chi connectivity index (χ2v) is 4.01. The topological polar surface area (TPSA) is 47.7 Å². The van der Waals surface area contributed by atoms with E-state index in [9.17, 15) is 0 Å². The van der Waals surface area contributed by atoms with Crippen LogP contribution >= 0.6 is 0 Å². The summed E-state index contributed by atoms with van der Waals surface area (Å²) in [6.45, 7) is 4.12. The molecule has 0 aromatic heterocycles. The van der Waals surface area contributed by atoms with Crippen LogP contribution in [0.2, 0.25) is 0 Å². The first-order valence-corrected chi connectivity index (χ1v) is 5.81. The Morgan fingerprint density at radius 2 is 1.76 bits per heavy atom. The van der Waals surface area contributed by atoms with Crippen molar-refractivity contribution in [1.29, 1.82) is 0 Å². The second-order valence-electron chi connectivity index (χ2n) is 4.01. The number of benzene rings is 1. The zero-order valence-electron chi connectivity index (χ0n) is 10.7. The molecule has 2 N–H and O–H groups in total. The van der Waals surface area contributed by atoms with Crippen molar-refractivity contribution >= 4 is 5.69 Å². The Morgan fingerprint density at radius 1 is 1.12 bits per heavy atom. The Morgan fingerprint density at radius 3 is 2.29 bits per heavy atom. The van der Waals surface area contributed by atoms with Crippen LogP contribution in [0.3, 0.4) is 0 Å². The molecule has 0 atom stereocenters. The number of ether oxygens (including phenoxy) is 2. The number of nitrogen functional groups attached to an aromatic ring is 1. The summed E-state index contributed by atoms with van der Waals surface area (Å²) in [6.07, 6.45) is 0. The first-order chi connectivity index (χ1) is 8.26. The summed E-state index contributed by atoms with van der Waals surface area (Å²) in [5, 5.41) is 0. The summed E-state index contributed by atoms with van der Waals surface area (Å²) in [5.41, 5.74) is 7.79. The molecule has 0 saturated heterocycles. The monoisotopic (exact) mass is 238 g/mol. The molecule has 0 aliphatic heterocycles. The van der Waals surface area contributed by atoms with E-state index in [2.05, 4.69) is 11.0 Å². The summed E-state index contributed by atoms with van der Waals surface area (Å²) >= 11 is 0. The Labute approximate surface area is 103 Å². The number of hydrogen-bond donors (Lipinski definition) is 1. The number of rotatable bonds is 8. The molecule has 0 bridgehead atoms. The normalized spacial score (nSPS) is 11.0. The average Bonchev–Trinajstić information content (AvgIpc) is 2.32. The highest BCUT2D eigenvalue weighted by Gasteiger charge is 2.05. The van der Waals surface area contributed by atoms with Crippen LogP contribution in [-0.4, -0.2) is 45.4 Å². The lowest BCUT2D eigenvalue weighted by molar-refractivity contribution is 0.110. The zero-order chi connectivity index (χ0) is 12.5. The first-order valence-electron chi connectivity index (χ1n) is 5.81. The average molecular weight is 238 g/mol. The van der Waals surface area contributed by atoms with Crippen LogP contribution in [-0.2, 0) is 16.0 Å². The molecule has 0 unspecified atom stereocenters. The standard InChI is InChI=1S/C13H22N2O2/c1-16-8-6-15(7-9-17-2)11-12-4-3-5-13(14)10-12/h3-5,10H,6-9,11,14H2,1-2H3. The van der Waals surface area contributed by atoms with Crippen LogP contribution in [0.25, 0.3) is 0 Å². The number of hydrogen-bond acceptors (Lipinski definition) is 4. The molecule has 1 aromatic rings. The summed E-state index contributed by atoms with van der Waals surface area (Å²) in [5.74, 6) is 0. The van der Waals surface area contributed by atoms with Gasteiger partial charge in [0.25, 0.3) is 0 Å². The second kappa shape index (κ2) is 8.06. The van der Waals surface area contributed by atoms with Gasteiger partial charge in [-0.05, 0) is 17.7 Å². The Balaban J connectivity index is 2.51. The van der Waals surface area contributed by atoms with Crippen LogP contribution in [0.5, 0.6) is 0 Å². The summed E-state index contributed by atoms with van der Waals surface area (Å²) in [4.78, 5) is 2.29. The number of methoxy groups -OCH3 is 2. The van der Waals surface area contributed by atoms with E-state index < -0.39 is 0 Å². The number of nitrogens with zero attached hydrogens (tertiary/aromatic N) is 1. The molecule has 0 heterocycles. The van der Waals surface area contributed by atoms with Gasteiger partial charge in [0.2, 0.25) is 0 Å². The molecule has 0 radical (unpaired) electrons. The van der Waals surface area contributed by atoms with E-state index in [1.54, 1.807) is 14.2 Å². The Hall–Kier alpha value is -1.10. The molecule has 0 aliphatic rings. The van der Waals surface area contributed by atoms with Crippen LogP contribution < -0.4 is 5.73 Å². The molecule has 0 saturated carbocycles. The third kappa shape index (κ3) is 5.68. The lowest BCUT2D eigenvalue weighted by Gasteiger charge is -2.21. The largest absolute Gasteiger partial charge is 0.399 e. The maximum absolute atomic E-state index is 5.77. The predicted molar refractivity (Wildman–Crippen MR) is 69.9 cm³/mol. The fourth-order valence-corrected chi connectivity index (χ4v) is 1.66. The first kappa shape index (κ1) is 14.0. The van der Waals surface area contributed by atoms with E-state index in [1.165, 1.54) is 5.56 Å². The fraction of sp³-hybridized carbons (Fsp3) is 0.538. The van der Waals surface area contributed by atoms with Crippen LogP contribution in [0, 0.1) is 0 Å². The van der Waals surface area contributed by atoms with Gasteiger partial charge in [0.1, 0.15) is 0 Å². The maximum Gasteiger partial charge on any atom is 0.0589 e. The zero-order valence-corrected chi connectivity index (χ0v) is 10.7. The molecule has 0 fully saturated rings. The van der Waals surface area contributed by atoms with Gasteiger partial charge in [-0.3, -0.25) is 4.90 Å². The SMILES string of the molecule is COCCN(CCOC)Cc1cccc(N)c1. The highest BCUT2D eigenvalue weighted by Crippen LogP contribution is 2.09. The molecular formula is C13H22N2O2. The van der Waals surface area contributed by atoms with E-state index in [0.29, 0.717) is 0 Å². The smallest absolute Gasteiger partial charge is 0.0589 e. The van der Waals surface area contributed by atoms with Gasteiger partial charge in [-0.2, -0.15) is 0 Å². The Bertz CT molecular complexity index is 310.